The number of nitrogens with one attached hydrogen (secondary N) is 3. The van der Waals surface area contributed by atoms with Gasteiger partial charge in [0.05, 0.1) is 13.1 Å². The lowest BCUT2D eigenvalue weighted by Crippen LogP contribution is -3.08. The van der Waals surface area contributed by atoms with E-state index in [-0.39, 0.29) is 0 Å². The quantitative estimate of drug-likeness (QED) is 0.548. The van der Waals surface area contributed by atoms with Crippen molar-refractivity contribution in [1.82, 2.24) is 10.6 Å². The third kappa shape index (κ3) is 5.86. The molecule has 0 radical (unpaired) electrons. The van der Waals surface area contributed by atoms with Gasteiger partial charge < -0.3 is 15.5 Å². The molecule has 0 spiro atoms. The lowest BCUT2D eigenvalue weighted by atomic mass is 10.1. The molecule has 2 rings (SSSR count). The monoisotopic (exact) mass is 304 g/mol. The summed E-state index contributed by atoms with van der Waals surface area (Å²) < 4.78 is 0. The van der Waals surface area contributed by atoms with E-state index in [1.54, 1.807) is 4.90 Å². The molecular weight excluding hydrogens is 278 g/mol. The van der Waals surface area contributed by atoms with Crippen LogP contribution in [0.5, 0.6) is 0 Å². The van der Waals surface area contributed by atoms with Gasteiger partial charge in [-0.2, -0.15) is 0 Å². The van der Waals surface area contributed by atoms with Crippen LogP contribution in [0.25, 0.3) is 0 Å². The van der Waals surface area contributed by atoms with Crippen LogP contribution in [0, 0.1) is 0 Å². The summed E-state index contributed by atoms with van der Waals surface area (Å²) in [5, 5.41) is 7.03. The Labute approximate surface area is 133 Å². The Kier molecular flexibility index (Phi) is 6.21. The number of likely N-dealkylation sites (tertiary alicyclic amines) is 1. The lowest BCUT2D eigenvalue weighted by molar-refractivity contribution is -0.901. The Morgan fingerprint density at radius 2 is 1.76 bits per heavy atom. The van der Waals surface area contributed by atoms with E-state index in [0.717, 1.165) is 25.2 Å². The van der Waals surface area contributed by atoms with Gasteiger partial charge in [0.15, 0.2) is 5.11 Å². The normalized spacial score (nSPS) is 14.9. The van der Waals surface area contributed by atoms with Gasteiger partial charge in [-0.15, -0.1) is 0 Å². The molecule has 1 heterocycles. The molecule has 0 bridgehead atoms. The molecule has 0 saturated carbocycles. The van der Waals surface area contributed by atoms with Gasteiger partial charge in [-0.1, -0.05) is 36.4 Å². The predicted molar refractivity (Wildman–Crippen MR) is 92.3 cm³/mol. The van der Waals surface area contributed by atoms with Crippen LogP contribution >= 0.6 is 12.2 Å². The molecule has 3 N–H and O–H groups in total. The second kappa shape index (κ2) is 8.15. The average molecular weight is 304 g/mol. The maximum Gasteiger partial charge on any atom is 0.166 e. The van der Waals surface area contributed by atoms with Gasteiger partial charge in [-0.3, -0.25) is 0 Å². The van der Waals surface area contributed by atoms with Crippen molar-refractivity contribution in [3.63, 3.8) is 0 Å². The van der Waals surface area contributed by atoms with Gasteiger partial charge in [0.2, 0.25) is 0 Å². The highest BCUT2D eigenvalue weighted by Crippen LogP contribution is 2.04. The number of hydrogen-bond acceptors (Lipinski definition) is 1. The number of quaternary nitrogens is 1. The number of benzene rings is 1. The summed E-state index contributed by atoms with van der Waals surface area (Å²) in [6.07, 6.45) is 2.76. The van der Waals surface area contributed by atoms with Gasteiger partial charge in [-0.25, -0.2) is 0 Å². The molecule has 1 aliphatic heterocycles. The first-order valence-electron chi connectivity index (χ1n) is 7.71. The van der Waals surface area contributed by atoms with E-state index in [1.165, 1.54) is 37.1 Å². The molecule has 1 aliphatic rings. The minimum absolute atomic E-state index is 0.684. The molecule has 1 aromatic rings. The predicted octanol–water partition coefficient (Wildman–Crippen LogP) is 1.41. The summed E-state index contributed by atoms with van der Waals surface area (Å²) in [6, 6.07) is 8.87. The van der Waals surface area contributed by atoms with Gasteiger partial charge in [0.25, 0.3) is 0 Å². The molecule has 1 aromatic carbocycles. The van der Waals surface area contributed by atoms with Crippen LogP contribution in [-0.4, -0.2) is 24.7 Å². The molecule has 21 heavy (non-hydrogen) atoms. The minimum Gasteiger partial charge on any atom is -0.359 e. The number of thiocarbonyl (C=S) groups is 1. The van der Waals surface area contributed by atoms with E-state index in [9.17, 15) is 0 Å². The van der Waals surface area contributed by atoms with Crippen LogP contribution in [0.1, 0.15) is 30.9 Å². The maximum atomic E-state index is 5.23. The summed E-state index contributed by atoms with van der Waals surface area (Å²) in [4.78, 5) is 1.71. The van der Waals surface area contributed by atoms with Gasteiger partial charge in [-0.05, 0) is 24.7 Å². The van der Waals surface area contributed by atoms with Crippen molar-refractivity contribution in [3.8, 4) is 0 Å². The van der Waals surface area contributed by atoms with E-state index in [2.05, 4.69) is 41.5 Å². The molecule has 0 aliphatic carbocycles. The fourth-order valence-corrected chi connectivity index (χ4v) is 2.74. The number of rotatable bonds is 6. The van der Waals surface area contributed by atoms with E-state index in [4.69, 9.17) is 12.2 Å². The van der Waals surface area contributed by atoms with Crippen LogP contribution in [0.2, 0.25) is 0 Å². The Hall–Kier alpha value is -1.39. The van der Waals surface area contributed by atoms with E-state index >= 15 is 0 Å². The van der Waals surface area contributed by atoms with Crippen molar-refractivity contribution in [2.24, 2.45) is 0 Å². The van der Waals surface area contributed by atoms with Crippen molar-refractivity contribution < 1.29 is 4.90 Å². The molecule has 0 amide bonds. The second-order valence-corrected chi connectivity index (χ2v) is 6.35. The Balaban J connectivity index is 1.74. The third-order valence-corrected chi connectivity index (χ3v) is 4.08. The Bertz CT molecular complexity index is 475. The molecule has 3 nitrogen and oxygen atoms in total. The van der Waals surface area contributed by atoms with Crippen molar-refractivity contribution >= 4 is 17.3 Å². The minimum atomic E-state index is 0.684. The number of hydrogen-bond donors (Lipinski definition) is 3. The zero-order chi connectivity index (χ0) is 15.1. The topological polar surface area (TPSA) is 28.5 Å². The van der Waals surface area contributed by atoms with Crippen LogP contribution in [-0.2, 0) is 13.1 Å². The molecule has 0 aromatic heterocycles. The Morgan fingerprint density at radius 3 is 2.38 bits per heavy atom. The summed E-state index contributed by atoms with van der Waals surface area (Å²) in [7, 11) is 0. The van der Waals surface area contributed by atoms with Crippen LogP contribution < -0.4 is 15.5 Å². The van der Waals surface area contributed by atoms with Crippen LogP contribution in [0.15, 0.2) is 36.4 Å². The van der Waals surface area contributed by atoms with Crippen LogP contribution in [0.3, 0.4) is 0 Å². The molecule has 1 saturated heterocycles. The van der Waals surface area contributed by atoms with Crippen LogP contribution in [0.4, 0.5) is 0 Å². The highest BCUT2D eigenvalue weighted by molar-refractivity contribution is 7.80. The first-order chi connectivity index (χ1) is 10.1. The summed E-state index contributed by atoms with van der Waals surface area (Å²) in [5.74, 6) is 0. The first-order valence-corrected chi connectivity index (χ1v) is 8.12. The van der Waals surface area contributed by atoms with E-state index in [0.29, 0.717) is 5.11 Å². The SMILES string of the molecule is C=C(C)CNC(=S)NCc1ccc(C[NH+]2CCCC2)cc1. The van der Waals surface area contributed by atoms with Gasteiger partial charge in [0.1, 0.15) is 6.54 Å². The highest BCUT2D eigenvalue weighted by atomic mass is 32.1. The zero-order valence-electron chi connectivity index (χ0n) is 12.9. The molecular formula is C17H26N3S+. The van der Waals surface area contributed by atoms with Crippen molar-refractivity contribution in [1.29, 1.82) is 0 Å². The highest BCUT2D eigenvalue weighted by Gasteiger charge is 2.15. The van der Waals surface area contributed by atoms with E-state index < -0.39 is 0 Å². The molecule has 0 unspecified atom stereocenters. The summed E-state index contributed by atoms with van der Waals surface area (Å²) in [5.41, 5.74) is 3.76. The standard InChI is InChI=1S/C17H25N3S/c1-14(2)11-18-17(21)19-12-15-5-7-16(8-6-15)13-20-9-3-4-10-20/h5-8H,1,3-4,9-13H2,2H3,(H2,18,19,21)/p+1. The summed E-state index contributed by atoms with van der Waals surface area (Å²) >= 11 is 5.23. The Morgan fingerprint density at radius 1 is 1.14 bits per heavy atom. The van der Waals surface area contributed by atoms with Crippen molar-refractivity contribution in [2.45, 2.75) is 32.9 Å². The molecule has 0 atom stereocenters. The zero-order valence-corrected chi connectivity index (χ0v) is 13.7. The first kappa shape index (κ1) is 16.0. The largest absolute Gasteiger partial charge is 0.359 e. The van der Waals surface area contributed by atoms with Crippen molar-refractivity contribution in [3.05, 3.63) is 47.5 Å². The molecule has 1 fully saturated rings. The fourth-order valence-electron chi connectivity index (χ4n) is 2.59. The van der Waals surface area contributed by atoms with Crippen molar-refractivity contribution in [2.75, 3.05) is 19.6 Å². The van der Waals surface area contributed by atoms with Gasteiger partial charge in [0, 0.05) is 31.5 Å². The van der Waals surface area contributed by atoms with E-state index in [1.807, 2.05) is 6.92 Å². The third-order valence-electron chi connectivity index (χ3n) is 3.79. The summed E-state index contributed by atoms with van der Waals surface area (Å²) in [6.45, 7) is 11.1. The lowest BCUT2D eigenvalue weighted by Gasteiger charge is -2.13. The molecule has 4 heteroatoms. The smallest absolute Gasteiger partial charge is 0.166 e. The fraction of sp³-hybridized carbons (Fsp3) is 0.471. The maximum absolute atomic E-state index is 5.23. The average Bonchev–Trinajstić information content (AvgIpc) is 2.97. The second-order valence-electron chi connectivity index (χ2n) is 5.94. The molecule has 114 valence electrons. The van der Waals surface area contributed by atoms with Gasteiger partial charge >= 0.3 is 0 Å².